The zero-order valence-corrected chi connectivity index (χ0v) is 14.2. The number of carbonyl (C=O) groups excluding carboxylic acids is 1. The van der Waals surface area contributed by atoms with Crippen LogP contribution in [-0.4, -0.2) is 10.9 Å². The van der Waals surface area contributed by atoms with Crippen molar-refractivity contribution in [2.75, 3.05) is 5.32 Å². The minimum Gasteiger partial charge on any atom is -0.351 e. The maximum absolute atomic E-state index is 13.5. The van der Waals surface area contributed by atoms with E-state index in [0.29, 0.717) is 16.5 Å². The number of aromatic nitrogens is 1. The van der Waals surface area contributed by atoms with Crippen LogP contribution < -0.4 is 10.6 Å². The number of carbonyl (C=O) groups is 1. The van der Waals surface area contributed by atoms with Gasteiger partial charge in [0.25, 0.3) is 0 Å². The molecule has 134 valence electrons. The van der Waals surface area contributed by atoms with Crippen LogP contribution in [-0.2, 0) is 17.8 Å². The van der Waals surface area contributed by atoms with Gasteiger partial charge < -0.3 is 10.6 Å². The van der Waals surface area contributed by atoms with Crippen LogP contribution in [0.3, 0.4) is 0 Å². The number of nitrogens with one attached hydrogen (secondary N) is 2. The van der Waals surface area contributed by atoms with Gasteiger partial charge in [-0.3, -0.25) is 4.79 Å². The second-order valence-corrected chi connectivity index (χ2v) is 6.29. The molecular formula is C18H14F3N3OS. The fourth-order valence-electron chi connectivity index (χ4n) is 2.22. The molecule has 2 aromatic carbocycles. The van der Waals surface area contributed by atoms with Crippen molar-refractivity contribution in [3.05, 3.63) is 76.6 Å². The minimum atomic E-state index is -0.704. The van der Waals surface area contributed by atoms with Crippen LogP contribution in [0.4, 0.5) is 24.0 Å². The first kappa shape index (κ1) is 17.9. The number of anilines is 2. The van der Waals surface area contributed by atoms with Crippen LogP contribution in [0.1, 0.15) is 11.3 Å². The topological polar surface area (TPSA) is 54.0 Å². The van der Waals surface area contributed by atoms with Gasteiger partial charge >= 0.3 is 0 Å². The zero-order chi connectivity index (χ0) is 18.5. The lowest BCUT2D eigenvalue weighted by Gasteiger charge is -2.06. The molecule has 3 aromatic rings. The smallest absolute Gasteiger partial charge is 0.226 e. The molecule has 0 atom stereocenters. The summed E-state index contributed by atoms with van der Waals surface area (Å²) in [6.07, 6.45) is -0.0162. The molecule has 8 heteroatoms. The Morgan fingerprint density at radius 3 is 2.42 bits per heavy atom. The maximum Gasteiger partial charge on any atom is 0.226 e. The third kappa shape index (κ3) is 4.60. The van der Waals surface area contributed by atoms with E-state index in [9.17, 15) is 18.0 Å². The third-order valence-corrected chi connectivity index (χ3v) is 4.32. The van der Waals surface area contributed by atoms with E-state index in [0.717, 1.165) is 12.1 Å². The summed E-state index contributed by atoms with van der Waals surface area (Å²) in [6.45, 7) is -0.234. The van der Waals surface area contributed by atoms with Crippen LogP contribution >= 0.6 is 11.3 Å². The molecule has 3 rings (SSSR count). The lowest BCUT2D eigenvalue weighted by atomic mass is 10.2. The Morgan fingerprint density at radius 2 is 1.73 bits per heavy atom. The van der Waals surface area contributed by atoms with E-state index in [2.05, 4.69) is 15.6 Å². The lowest BCUT2D eigenvalue weighted by Crippen LogP contribution is -2.25. The summed E-state index contributed by atoms with van der Waals surface area (Å²) in [6, 6.07) is 9.34. The number of nitrogens with zero attached hydrogens (tertiary/aromatic N) is 1. The highest BCUT2D eigenvalue weighted by atomic mass is 32.1. The van der Waals surface area contributed by atoms with Gasteiger partial charge in [0.1, 0.15) is 17.5 Å². The number of halogens is 3. The molecule has 0 radical (unpaired) electrons. The molecule has 0 unspecified atom stereocenters. The second kappa shape index (κ2) is 8.01. The summed E-state index contributed by atoms with van der Waals surface area (Å²) < 4.78 is 39.9. The van der Waals surface area contributed by atoms with E-state index in [4.69, 9.17) is 0 Å². The molecule has 0 fully saturated rings. The summed E-state index contributed by atoms with van der Waals surface area (Å²) in [7, 11) is 0. The number of hydrogen-bond acceptors (Lipinski definition) is 4. The van der Waals surface area contributed by atoms with Crippen LogP contribution in [0, 0.1) is 17.5 Å². The monoisotopic (exact) mass is 377 g/mol. The van der Waals surface area contributed by atoms with Crippen molar-refractivity contribution in [3.8, 4) is 0 Å². The number of benzene rings is 2. The Kier molecular flexibility index (Phi) is 5.52. The number of amides is 1. The van der Waals surface area contributed by atoms with Gasteiger partial charge in [0.05, 0.1) is 12.1 Å². The van der Waals surface area contributed by atoms with Gasteiger partial charge in [-0.1, -0.05) is 6.07 Å². The highest BCUT2D eigenvalue weighted by molar-refractivity contribution is 7.13. The summed E-state index contributed by atoms with van der Waals surface area (Å²) in [5.74, 6) is -2.14. The van der Waals surface area contributed by atoms with Crippen molar-refractivity contribution in [1.82, 2.24) is 10.3 Å². The van der Waals surface area contributed by atoms with E-state index < -0.39 is 17.5 Å². The highest BCUT2D eigenvalue weighted by Crippen LogP contribution is 2.21. The molecule has 1 amide bonds. The van der Waals surface area contributed by atoms with Crippen molar-refractivity contribution in [1.29, 1.82) is 0 Å². The van der Waals surface area contributed by atoms with E-state index in [1.54, 1.807) is 17.5 Å². The summed E-state index contributed by atoms with van der Waals surface area (Å²) >= 11 is 1.29. The second-order valence-electron chi connectivity index (χ2n) is 5.43. The van der Waals surface area contributed by atoms with Crippen LogP contribution in [0.2, 0.25) is 0 Å². The molecule has 1 heterocycles. The molecule has 2 N–H and O–H groups in total. The number of hydrogen-bond donors (Lipinski definition) is 2. The fraction of sp³-hybridized carbons (Fsp3) is 0.111. The highest BCUT2D eigenvalue weighted by Gasteiger charge is 2.12. The van der Waals surface area contributed by atoms with Crippen LogP contribution in [0.15, 0.2) is 47.8 Å². The Labute approximate surface area is 151 Å². The SMILES string of the molecule is O=C(Cc1csc(Nc2ccc(F)cc2)n1)NCc1c(F)cccc1F. The van der Waals surface area contributed by atoms with Gasteiger partial charge in [0.15, 0.2) is 5.13 Å². The Balaban J connectivity index is 1.55. The predicted molar refractivity (Wildman–Crippen MR) is 93.7 cm³/mol. The van der Waals surface area contributed by atoms with Crippen molar-refractivity contribution in [2.45, 2.75) is 13.0 Å². The van der Waals surface area contributed by atoms with Gasteiger partial charge in [-0.05, 0) is 36.4 Å². The molecule has 0 aliphatic carbocycles. The van der Waals surface area contributed by atoms with Gasteiger partial charge in [-0.2, -0.15) is 0 Å². The minimum absolute atomic E-state index is 0.0162. The first-order chi connectivity index (χ1) is 12.5. The van der Waals surface area contributed by atoms with E-state index in [-0.39, 0.29) is 24.3 Å². The van der Waals surface area contributed by atoms with Gasteiger partial charge in [0.2, 0.25) is 5.91 Å². The quantitative estimate of drug-likeness (QED) is 0.678. The molecule has 0 aliphatic heterocycles. The Bertz CT molecular complexity index is 892. The van der Waals surface area contributed by atoms with Crippen molar-refractivity contribution >= 4 is 28.1 Å². The maximum atomic E-state index is 13.5. The van der Waals surface area contributed by atoms with E-state index in [1.807, 2.05) is 0 Å². The fourth-order valence-corrected chi connectivity index (χ4v) is 2.95. The van der Waals surface area contributed by atoms with Crippen molar-refractivity contribution in [2.24, 2.45) is 0 Å². The summed E-state index contributed by atoms with van der Waals surface area (Å²) in [5, 5.41) is 7.74. The van der Waals surface area contributed by atoms with E-state index in [1.165, 1.54) is 29.5 Å². The molecule has 0 bridgehead atoms. The molecular weight excluding hydrogens is 363 g/mol. The number of rotatable bonds is 6. The first-order valence-corrected chi connectivity index (χ1v) is 8.56. The van der Waals surface area contributed by atoms with Crippen LogP contribution in [0.25, 0.3) is 0 Å². The van der Waals surface area contributed by atoms with Crippen molar-refractivity contribution in [3.63, 3.8) is 0 Å². The molecule has 26 heavy (non-hydrogen) atoms. The first-order valence-electron chi connectivity index (χ1n) is 7.68. The standard InChI is InChI=1S/C18H14F3N3OS/c19-11-4-6-12(7-5-11)23-18-24-13(10-26-18)8-17(25)22-9-14-15(20)2-1-3-16(14)21/h1-7,10H,8-9H2,(H,22,25)(H,23,24). The number of thiazole rings is 1. The summed E-state index contributed by atoms with van der Waals surface area (Å²) in [4.78, 5) is 16.2. The molecule has 0 spiro atoms. The van der Waals surface area contributed by atoms with Gasteiger partial charge in [0, 0.05) is 23.2 Å². The van der Waals surface area contributed by atoms with Gasteiger partial charge in [-0.15, -0.1) is 11.3 Å². The predicted octanol–water partition coefficient (Wildman–Crippen LogP) is 4.16. The third-order valence-electron chi connectivity index (χ3n) is 3.51. The van der Waals surface area contributed by atoms with Gasteiger partial charge in [-0.25, -0.2) is 18.2 Å². The largest absolute Gasteiger partial charge is 0.351 e. The lowest BCUT2D eigenvalue weighted by molar-refractivity contribution is -0.120. The average Bonchev–Trinajstić information content (AvgIpc) is 3.03. The average molecular weight is 377 g/mol. The zero-order valence-electron chi connectivity index (χ0n) is 13.4. The van der Waals surface area contributed by atoms with Crippen LogP contribution in [0.5, 0.6) is 0 Å². The van der Waals surface area contributed by atoms with Crippen molar-refractivity contribution < 1.29 is 18.0 Å². The molecule has 0 saturated heterocycles. The molecule has 4 nitrogen and oxygen atoms in total. The summed E-state index contributed by atoms with van der Waals surface area (Å²) in [5.41, 5.74) is 1.01. The molecule has 0 aliphatic rings. The Hall–Kier alpha value is -2.87. The molecule has 1 aromatic heterocycles. The normalized spacial score (nSPS) is 10.6. The van der Waals surface area contributed by atoms with E-state index >= 15 is 0 Å². The Morgan fingerprint density at radius 1 is 1.04 bits per heavy atom. The molecule has 0 saturated carbocycles.